The number of nitrogens with zero attached hydrogens (tertiary/aromatic N) is 1. The molecule has 0 saturated carbocycles. The molecule has 2 nitrogen and oxygen atoms in total. The third-order valence-electron chi connectivity index (χ3n) is 0.874. The van der Waals surface area contributed by atoms with Gasteiger partial charge in [-0.2, -0.15) is 0 Å². The Morgan fingerprint density at radius 2 is 2.12 bits per heavy atom. The number of rotatable bonds is 2. The maximum atomic E-state index is 8.17. The summed E-state index contributed by atoms with van der Waals surface area (Å²) in [5, 5.41) is 11.2. The van der Waals surface area contributed by atoms with Gasteiger partial charge in [0.1, 0.15) is 0 Å². The Hall–Kier alpha value is -0.530. The van der Waals surface area contributed by atoms with Gasteiger partial charge in [-0.3, -0.25) is 0 Å². The van der Waals surface area contributed by atoms with Gasteiger partial charge < -0.3 is 5.21 Å². The van der Waals surface area contributed by atoms with Crippen molar-refractivity contribution in [3.8, 4) is 0 Å². The molecule has 0 aromatic heterocycles. The first kappa shape index (κ1) is 7.47. The maximum absolute atomic E-state index is 8.17. The van der Waals surface area contributed by atoms with Crippen LogP contribution in [0.15, 0.2) is 5.16 Å². The van der Waals surface area contributed by atoms with Crippen LogP contribution in [0.25, 0.3) is 0 Å². The molecule has 2 heteroatoms. The van der Waals surface area contributed by atoms with Crippen molar-refractivity contribution in [1.29, 1.82) is 0 Å². The molecule has 0 aromatic carbocycles. The molecule has 0 bridgehead atoms. The second kappa shape index (κ2) is 3.47. The Bertz CT molecular complexity index is 86.5. The minimum atomic E-state index is 0.589. The summed E-state index contributed by atoms with van der Waals surface area (Å²) in [5.41, 5.74) is 0.806. The van der Waals surface area contributed by atoms with E-state index in [-0.39, 0.29) is 0 Å². The van der Waals surface area contributed by atoms with E-state index in [4.69, 9.17) is 5.21 Å². The van der Waals surface area contributed by atoms with Crippen LogP contribution in [0, 0.1) is 5.92 Å². The van der Waals surface area contributed by atoms with Gasteiger partial charge in [0.25, 0.3) is 0 Å². The highest BCUT2D eigenvalue weighted by Gasteiger charge is 1.95. The quantitative estimate of drug-likeness (QED) is 0.332. The topological polar surface area (TPSA) is 32.6 Å². The molecular formula is C6H13NO. The second-order valence-electron chi connectivity index (χ2n) is 2.43. The first-order valence-electron chi connectivity index (χ1n) is 2.84. The lowest BCUT2D eigenvalue weighted by atomic mass is 10.1. The molecule has 0 aliphatic heterocycles. The van der Waals surface area contributed by atoms with Crippen LogP contribution in [-0.2, 0) is 0 Å². The zero-order chi connectivity index (χ0) is 6.57. The fourth-order valence-corrected chi connectivity index (χ4v) is 0.632. The van der Waals surface area contributed by atoms with Crippen LogP contribution in [0.1, 0.15) is 27.2 Å². The zero-order valence-corrected chi connectivity index (χ0v) is 5.68. The van der Waals surface area contributed by atoms with E-state index in [1.807, 2.05) is 6.92 Å². The minimum absolute atomic E-state index is 0.589. The molecule has 0 atom stereocenters. The Balaban J connectivity index is 3.39. The highest BCUT2D eigenvalue weighted by atomic mass is 16.4. The summed E-state index contributed by atoms with van der Waals surface area (Å²) < 4.78 is 0. The van der Waals surface area contributed by atoms with Gasteiger partial charge in [-0.25, -0.2) is 0 Å². The molecule has 0 unspecified atom stereocenters. The molecule has 0 fully saturated rings. The first-order valence-corrected chi connectivity index (χ1v) is 2.84. The standard InChI is InChI=1S/C6H13NO/c1-5(2)4-6(3)7-8/h5,8H,4H2,1-3H3/b7-6-. The molecule has 0 rings (SSSR count). The summed E-state index contributed by atoms with van der Waals surface area (Å²) in [7, 11) is 0. The summed E-state index contributed by atoms with van der Waals surface area (Å²) in [6.07, 6.45) is 0.885. The zero-order valence-electron chi connectivity index (χ0n) is 5.68. The number of hydrogen-bond acceptors (Lipinski definition) is 2. The predicted octanol–water partition coefficient (Wildman–Crippen LogP) is 1.88. The van der Waals surface area contributed by atoms with Crippen molar-refractivity contribution >= 4 is 5.71 Å². The molecule has 0 spiro atoms. The SMILES string of the molecule is C/C(CC(C)C)=N/O. The van der Waals surface area contributed by atoms with E-state index in [1.54, 1.807) is 0 Å². The lowest BCUT2D eigenvalue weighted by molar-refractivity contribution is 0.316. The largest absolute Gasteiger partial charge is 0.411 e. The van der Waals surface area contributed by atoms with E-state index in [0.717, 1.165) is 12.1 Å². The highest BCUT2D eigenvalue weighted by molar-refractivity contribution is 5.81. The molecular weight excluding hydrogens is 102 g/mol. The number of hydrogen-bond donors (Lipinski definition) is 1. The average Bonchev–Trinajstić information content (AvgIpc) is 1.65. The highest BCUT2D eigenvalue weighted by Crippen LogP contribution is 1.99. The smallest absolute Gasteiger partial charge is 0.0542 e. The lowest BCUT2D eigenvalue weighted by Crippen LogP contribution is -1.96. The average molecular weight is 115 g/mol. The van der Waals surface area contributed by atoms with Crippen LogP contribution in [0.5, 0.6) is 0 Å². The Morgan fingerprint density at radius 3 is 2.25 bits per heavy atom. The Kier molecular flexibility index (Phi) is 3.24. The first-order chi connectivity index (χ1) is 3.66. The molecule has 1 N–H and O–H groups in total. The van der Waals surface area contributed by atoms with Crippen molar-refractivity contribution in [3.63, 3.8) is 0 Å². The van der Waals surface area contributed by atoms with E-state index < -0.39 is 0 Å². The molecule has 48 valence electrons. The molecule has 8 heavy (non-hydrogen) atoms. The van der Waals surface area contributed by atoms with Crippen molar-refractivity contribution in [2.45, 2.75) is 27.2 Å². The molecule has 0 aliphatic rings. The van der Waals surface area contributed by atoms with Gasteiger partial charge in [-0.05, 0) is 19.3 Å². The fourth-order valence-electron chi connectivity index (χ4n) is 0.632. The van der Waals surface area contributed by atoms with Crippen molar-refractivity contribution in [1.82, 2.24) is 0 Å². The van der Waals surface area contributed by atoms with Crippen molar-refractivity contribution in [2.24, 2.45) is 11.1 Å². The van der Waals surface area contributed by atoms with Crippen molar-refractivity contribution in [3.05, 3.63) is 0 Å². The van der Waals surface area contributed by atoms with Crippen LogP contribution >= 0.6 is 0 Å². The summed E-state index contributed by atoms with van der Waals surface area (Å²) >= 11 is 0. The summed E-state index contributed by atoms with van der Waals surface area (Å²) in [5.74, 6) is 0.589. The van der Waals surface area contributed by atoms with Crippen molar-refractivity contribution in [2.75, 3.05) is 0 Å². The summed E-state index contributed by atoms with van der Waals surface area (Å²) in [6.45, 7) is 6.00. The lowest BCUT2D eigenvalue weighted by Gasteiger charge is -1.99. The third kappa shape index (κ3) is 3.65. The summed E-state index contributed by atoms with van der Waals surface area (Å²) in [4.78, 5) is 0. The van der Waals surface area contributed by atoms with E-state index in [0.29, 0.717) is 5.92 Å². The number of oxime groups is 1. The monoisotopic (exact) mass is 115 g/mol. The van der Waals surface area contributed by atoms with E-state index in [1.165, 1.54) is 0 Å². The van der Waals surface area contributed by atoms with Gasteiger partial charge in [0, 0.05) is 0 Å². The van der Waals surface area contributed by atoms with Gasteiger partial charge >= 0.3 is 0 Å². The Morgan fingerprint density at radius 1 is 1.62 bits per heavy atom. The van der Waals surface area contributed by atoms with E-state index >= 15 is 0 Å². The van der Waals surface area contributed by atoms with Gasteiger partial charge in [0.2, 0.25) is 0 Å². The molecule has 0 saturated heterocycles. The normalized spacial score (nSPS) is 12.8. The molecule has 0 aliphatic carbocycles. The molecule has 0 radical (unpaired) electrons. The minimum Gasteiger partial charge on any atom is -0.411 e. The van der Waals surface area contributed by atoms with Crippen LogP contribution in [0.4, 0.5) is 0 Å². The van der Waals surface area contributed by atoms with E-state index in [9.17, 15) is 0 Å². The van der Waals surface area contributed by atoms with Crippen LogP contribution in [-0.4, -0.2) is 10.9 Å². The fraction of sp³-hybridized carbons (Fsp3) is 0.833. The molecule has 0 amide bonds. The van der Waals surface area contributed by atoms with Gasteiger partial charge in [0.15, 0.2) is 0 Å². The predicted molar refractivity (Wildman–Crippen MR) is 34.4 cm³/mol. The van der Waals surface area contributed by atoms with E-state index in [2.05, 4.69) is 19.0 Å². The van der Waals surface area contributed by atoms with Crippen molar-refractivity contribution < 1.29 is 5.21 Å². The van der Waals surface area contributed by atoms with Crippen LogP contribution in [0.3, 0.4) is 0 Å². The van der Waals surface area contributed by atoms with Gasteiger partial charge in [-0.15, -0.1) is 0 Å². The summed E-state index contributed by atoms with van der Waals surface area (Å²) in [6, 6.07) is 0. The van der Waals surface area contributed by atoms with Gasteiger partial charge in [0.05, 0.1) is 5.71 Å². The van der Waals surface area contributed by atoms with Crippen LogP contribution in [0.2, 0.25) is 0 Å². The second-order valence-corrected chi connectivity index (χ2v) is 2.43. The van der Waals surface area contributed by atoms with Crippen LogP contribution < -0.4 is 0 Å². The molecule has 0 heterocycles. The van der Waals surface area contributed by atoms with Gasteiger partial charge in [-0.1, -0.05) is 19.0 Å². The maximum Gasteiger partial charge on any atom is 0.0542 e. The third-order valence-corrected chi connectivity index (χ3v) is 0.874. The Labute approximate surface area is 50.2 Å². The molecule has 0 aromatic rings.